The first-order valence-electron chi connectivity index (χ1n) is 34.7. The zero-order valence-corrected chi connectivity index (χ0v) is 53.0. The van der Waals surface area contributed by atoms with E-state index in [0.717, 1.165) is 32.1 Å². The van der Waals surface area contributed by atoms with Gasteiger partial charge >= 0.3 is 0 Å². The number of allylic oxidation sites excluding steroid dienone is 5. The minimum Gasteiger partial charge on any atom is -0.394 e. The van der Waals surface area contributed by atoms with Gasteiger partial charge < -0.3 is 65.1 Å². The third kappa shape index (κ3) is 39.0. The highest BCUT2D eigenvalue weighted by molar-refractivity contribution is 5.76. The monoisotopic (exact) mass is 1180 g/mol. The predicted octanol–water partition coefficient (Wildman–Crippen LogP) is 13.7. The molecule has 0 spiro atoms. The summed E-state index contributed by atoms with van der Waals surface area (Å²) in [6.45, 7) is 2.81. The Bertz CT molecular complexity index is 1530. The molecular formula is C69H129NO13. The van der Waals surface area contributed by atoms with Crippen LogP contribution in [0.25, 0.3) is 0 Å². The van der Waals surface area contributed by atoms with Crippen LogP contribution in [0.15, 0.2) is 36.5 Å². The van der Waals surface area contributed by atoms with Gasteiger partial charge in [-0.1, -0.05) is 275 Å². The SMILES string of the molecule is CCCCCCCCCC/C=C\CCCCCCCCCCCCCCCCCCCCCCCC(=O)NC(COC1OC(CO)C(OC2OC(CO)C(O)C(O)C2O)C(O)C1O)C(O)/C=C/CC/C=C/CCCCCCCCCCCC. The molecule has 12 atom stereocenters. The lowest BCUT2D eigenvalue weighted by Gasteiger charge is -2.46. The van der Waals surface area contributed by atoms with E-state index in [9.17, 15) is 45.6 Å². The van der Waals surface area contributed by atoms with E-state index < -0.39 is 86.8 Å². The fourth-order valence-electron chi connectivity index (χ4n) is 11.5. The van der Waals surface area contributed by atoms with Crippen molar-refractivity contribution in [2.75, 3.05) is 19.8 Å². The first kappa shape index (κ1) is 77.3. The van der Waals surface area contributed by atoms with Crippen molar-refractivity contribution in [2.24, 2.45) is 0 Å². The quantitative estimate of drug-likeness (QED) is 0.0204. The molecule has 14 nitrogen and oxygen atoms in total. The summed E-state index contributed by atoms with van der Waals surface area (Å²) in [5.74, 6) is -0.244. The fraction of sp³-hybridized carbons (Fsp3) is 0.899. The summed E-state index contributed by atoms with van der Waals surface area (Å²) in [6.07, 6.45) is 52.2. The van der Waals surface area contributed by atoms with Gasteiger partial charge in [-0.05, 0) is 57.8 Å². The van der Waals surface area contributed by atoms with Gasteiger partial charge in [0.25, 0.3) is 0 Å². The summed E-state index contributed by atoms with van der Waals surface area (Å²) >= 11 is 0. The number of aliphatic hydroxyl groups is 8. The normalized spacial score (nSPS) is 24.0. The summed E-state index contributed by atoms with van der Waals surface area (Å²) < 4.78 is 22.8. The van der Waals surface area contributed by atoms with Crippen molar-refractivity contribution < 1.29 is 64.6 Å². The summed E-state index contributed by atoms with van der Waals surface area (Å²) in [5, 5.41) is 87.2. The Hall–Kier alpha value is -1.79. The van der Waals surface area contributed by atoms with Crippen molar-refractivity contribution in [3.05, 3.63) is 36.5 Å². The van der Waals surface area contributed by atoms with E-state index in [1.54, 1.807) is 6.08 Å². The molecule has 83 heavy (non-hydrogen) atoms. The molecule has 1 amide bonds. The lowest BCUT2D eigenvalue weighted by molar-refractivity contribution is -0.359. The molecule has 0 aromatic rings. The second-order valence-corrected chi connectivity index (χ2v) is 24.6. The Morgan fingerprint density at radius 1 is 0.422 bits per heavy atom. The third-order valence-corrected chi connectivity index (χ3v) is 17.0. The number of nitrogens with one attached hydrogen (secondary N) is 1. The van der Waals surface area contributed by atoms with Gasteiger partial charge in [0.15, 0.2) is 12.6 Å². The van der Waals surface area contributed by atoms with E-state index in [-0.39, 0.29) is 18.9 Å². The maximum Gasteiger partial charge on any atom is 0.220 e. The van der Waals surface area contributed by atoms with Crippen molar-refractivity contribution in [1.82, 2.24) is 5.32 Å². The first-order valence-corrected chi connectivity index (χ1v) is 34.7. The van der Waals surface area contributed by atoms with Crippen LogP contribution < -0.4 is 5.32 Å². The summed E-state index contributed by atoms with van der Waals surface area (Å²) in [7, 11) is 0. The molecule has 2 rings (SSSR count). The van der Waals surface area contributed by atoms with Gasteiger partial charge in [0.2, 0.25) is 5.91 Å². The number of hydrogen-bond acceptors (Lipinski definition) is 13. The molecule has 2 saturated heterocycles. The molecule has 0 radical (unpaired) electrons. The van der Waals surface area contributed by atoms with E-state index >= 15 is 0 Å². The number of aliphatic hydroxyl groups excluding tert-OH is 8. The number of carbonyl (C=O) groups excluding carboxylic acids is 1. The van der Waals surface area contributed by atoms with Gasteiger partial charge in [-0.15, -0.1) is 0 Å². The van der Waals surface area contributed by atoms with Crippen molar-refractivity contribution >= 4 is 5.91 Å². The van der Waals surface area contributed by atoms with Crippen LogP contribution in [0, 0.1) is 0 Å². The Balaban J connectivity index is 1.63. The van der Waals surface area contributed by atoms with Crippen LogP contribution in [0.3, 0.4) is 0 Å². The van der Waals surface area contributed by atoms with E-state index in [2.05, 4.69) is 43.5 Å². The third-order valence-electron chi connectivity index (χ3n) is 17.0. The molecule has 2 aliphatic rings. The molecule has 2 fully saturated rings. The van der Waals surface area contributed by atoms with Gasteiger partial charge in [0, 0.05) is 6.42 Å². The molecular weight excluding hydrogens is 1050 g/mol. The molecule has 0 aromatic carbocycles. The van der Waals surface area contributed by atoms with E-state index in [1.807, 2.05) is 6.08 Å². The van der Waals surface area contributed by atoms with E-state index in [4.69, 9.17) is 18.9 Å². The second kappa shape index (κ2) is 54.4. The van der Waals surface area contributed by atoms with Gasteiger partial charge in [-0.2, -0.15) is 0 Å². The molecule has 14 heteroatoms. The van der Waals surface area contributed by atoms with Gasteiger partial charge in [0.05, 0.1) is 32.0 Å². The predicted molar refractivity (Wildman–Crippen MR) is 337 cm³/mol. The van der Waals surface area contributed by atoms with Gasteiger partial charge in [0.1, 0.15) is 48.8 Å². The number of hydrogen-bond donors (Lipinski definition) is 9. The van der Waals surface area contributed by atoms with Crippen LogP contribution in [0.2, 0.25) is 0 Å². The van der Waals surface area contributed by atoms with Crippen LogP contribution in [-0.2, 0) is 23.7 Å². The maximum atomic E-state index is 13.3. The molecule has 9 N–H and O–H groups in total. The molecule has 2 aliphatic heterocycles. The average molecular weight is 1180 g/mol. The van der Waals surface area contributed by atoms with Crippen LogP contribution in [0.1, 0.15) is 303 Å². The topological polar surface area (TPSA) is 228 Å². The number of ether oxygens (including phenoxy) is 4. The standard InChI is InChI=1S/C69H129NO13/c1-3-5-7-9-11-13-15-17-19-21-22-23-24-25-26-27-28-29-30-31-32-33-34-35-36-37-39-41-43-45-47-49-51-53-61(74)70-57(58(73)52-50-48-46-44-42-40-38-20-18-16-14-12-10-8-6-4-2)56-80-68-66(79)64(77)67(60(55-72)82-68)83-69-65(78)63(76)62(75)59(54-71)81-69/h21-22,42,44,50,52,57-60,62-69,71-73,75-79H,3-20,23-41,43,45-49,51,53-56H2,1-2H3,(H,70,74)/b22-21-,44-42+,52-50+. The smallest absolute Gasteiger partial charge is 0.220 e. The highest BCUT2D eigenvalue weighted by Crippen LogP contribution is 2.30. The van der Waals surface area contributed by atoms with Crippen LogP contribution in [0.5, 0.6) is 0 Å². The highest BCUT2D eigenvalue weighted by atomic mass is 16.7. The van der Waals surface area contributed by atoms with Crippen molar-refractivity contribution in [3.8, 4) is 0 Å². The summed E-state index contributed by atoms with van der Waals surface area (Å²) in [6, 6.07) is -0.930. The molecule has 2 heterocycles. The number of rotatable bonds is 57. The molecule has 0 aromatic heterocycles. The minimum absolute atomic E-state index is 0.244. The second-order valence-electron chi connectivity index (χ2n) is 24.6. The summed E-state index contributed by atoms with van der Waals surface area (Å²) in [5.41, 5.74) is 0. The molecule has 12 unspecified atom stereocenters. The molecule has 0 aliphatic carbocycles. The van der Waals surface area contributed by atoms with Gasteiger partial charge in [-0.25, -0.2) is 0 Å². The minimum atomic E-state index is -1.79. The molecule has 0 bridgehead atoms. The summed E-state index contributed by atoms with van der Waals surface area (Å²) in [4.78, 5) is 13.3. The van der Waals surface area contributed by atoms with Crippen LogP contribution >= 0.6 is 0 Å². The van der Waals surface area contributed by atoms with Crippen molar-refractivity contribution in [2.45, 2.75) is 376 Å². The number of amides is 1. The van der Waals surface area contributed by atoms with E-state index in [1.165, 1.54) is 238 Å². The Kier molecular flexibility index (Phi) is 50.6. The van der Waals surface area contributed by atoms with Crippen LogP contribution in [-0.4, -0.2) is 140 Å². The Morgan fingerprint density at radius 2 is 0.771 bits per heavy atom. The maximum absolute atomic E-state index is 13.3. The van der Waals surface area contributed by atoms with Crippen LogP contribution in [0.4, 0.5) is 0 Å². The van der Waals surface area contributed by atoms with Crippen molar-refractivity contribution in [1.29, 1.82) is 0 Å². The number of unbranched alkanes of at least 4 members (excludes halogenated alkanes) is 40. The molecule has 0 saturated carbocycles. The van der Waals surface area contributed by atoms with E-state index in [0.29, 0.717) is 12.8 Å². The number of carbonyl (C=O) groups is 1. The largest absolute Gasteiger partial charge is 0.394 e. The Labute approximate surface area is 506 Å². The average Bonchev–Trinajstić information content (AvgIpc) is 3.63. The lowest BCUT2D eigenvalue weighted by Crippen LogP contribution is -2.65. The lowest BCUT2D eigenvalue weighted by atomic mass is 9.97. The van der Waals surface area contributed by atoms with Crippen molar-refractivity contribution in [3.63, 3.8) is 0 Å². The molecule has 488 valence electrons. The zero-order chi connectivity index (χ0) is 60.2. The first-order chi connectivity index (χ1) is 40.6. The fourth-order valence-corrected chi connectivity index (χ4v) is 11.5. The zero-order valence-electron chi connectivity index (χ0n) is 53.0. The Morgan fingerprint density at radius 3 is 1.18 bits per heavy atom. The van der Waals surface area contributed by atoms with Gasteiger partial charge in [-0.3, -0.25) is 4.79 Å². The highest BCUT2D eigenvalue weighted by Gasteiger charge is 2.51.